The van der Waals surface area contributed by atoms with Gasteiger partial charge in [0.25, 0.3) is 0 Å². The first-order chi connectivity index (χ1) is 7.81. The molecule has 0 saturated carbocycles. The predicted molar refractivity (Wildman–Crippen MR) is 71.8 cm³/mol. The third-order valence-corrected chi connectivity index (χ3v) is 5.62. The van der Waals surface area contributed by atoms with Crippen molar-refractivity contribution in [2.24, 2.45) is 0 Å². The van der Waals surface area contributed by atoms with Crippen LogP contribution in [0, 0.1) is 5.82 Å². The van der Waals surface area contributed by atoms with Crippen LogP contribution in [0.3, 0.4) is 0 Å². The van der Waals surface area contributed by atoms with E-state index in [1.165, 1.54) is 22.8 Å². The summed E-state index contributed by atoms with van der Waals surface area (Å²) in [6.45, 7) is 0. The maximum Gasteiger partial charge on any atom is 0.123 e. The fourth-order valence-electron chi connectivity index (χ4n) is 1.94. The Kier molecular flexibility index (Phi) is 4.55. The molecule has 0 amide bonds. The lowest BCUT2D eigenvalue weighted by Crippen LogP contribution is -2.31. The van der Waals surface area contributed by atoms with Crippen LogP contribution in [-0.2, 0) is 0 Å². The van der Waals surface area contributed by atoms with Crippen LogP contribution >= 0.6 is 23.5 Å². The number of rotatable bonds is 3. The molecular formula is C12H16FNS2. The fourth-order valence-corrected chi connectivity index (χ4v) is 4.85. The van der Waals surface area contributed by atoms with Gasteiger partial charge in [0.05, 0.1) is 0 Å². The average molecular weight is 257 g/mol. The van der Waals surface area contributed by atoms with Crippen molar-refractivity contribution in [3.05, 3.63) is 35.6 Å². The summed E-state index contributed by atoms with van der Waals surface area (Å²) in [5.74, 6) is 3.48. The zero-order valence-electron chi connectivity index (χ0n) is 9.28. The van der Waals surface area contributed by atoms with E-state index in [1.807, 2.05) is 42.7 Å². The Hall–Kier alpha value is -0.190. The molecule has 1 aliphatic rings. The Labute approximate surface area is 105 Å². The standard InChI is InChI=1S/C12H16FNS2/c1-14-12(11-8-15-6-7-16-11)9-2-4-10(13)5-3-9/h2-5,11-12,14H,6-8H2,1H3. The molecule has 2 rings (SSSR count). The highest BCUT2D eigenvalue weighted by atomic mass is 32.2. The van der Waals surface area contributed by atoms with Crippen LogP contribution in [0.15, 0.2) is 24.3 Å². The van der Waals surface area contributed by atoms with Crippen molar-refractivity contribution in [1.82, 2.24) is 5.32 Å². The second-order valence-electron chi connectivity index (χ2n) is 3.80. The van der Waals surface area contributed by atoms with Gasteiger partial charge in [-0.15, -0.1) is 0 Å². The zero-order valence-corrected chi connectivity index (χ0v) is 10.9. The molecule has 16 heavy (non-hydrogen) atoms. The number of hydrogen-bond donors (Lipinski definition) is 1. The summed E-state index contributed by atoms with van der Waals surface area (Å²) in [5, 5.41) is 3.94. The zero-order chi connectivity index (χ0) is 11.4. The van der Waals surface area contributed by atoms with Gasteiger partial charge in [0.15, 0.2) is 0 Å². The molecule has 1 saturated heterocycles. The highest BCUT2D eigenvalue weighted by molar-refractivity contribution is 8.06. The summed E-state index contributed by atoms with van der Waals surface area (Å²) < 4.78 is 12.9. The molecule has 1 aromatic carbocycles. The monoisotopic (exact) mass is 257 g/mol. The molecule has 0 bridgehead atoms. The van der Waals surface area contributed by atoms with Crippen molar-refractivity contribution < 1.29 is 4.39 Å². The molecule has 1 aromatic rings. The van der Waals surface area contributed by atoms with E-state index in [4.69, 9.17) is 0 Å². The number of thioether (sulfide) groups is 2. The van der Waals surface area contributed by atoms with Gasteiger partial charge in [0, 0.05) is 28.6 Å². The molecule has 2 atom stereocenters. The quantitative estimate of drug-likeness (QED) is 0.894. The second-order valence-corrected chi connectivity index (χ2v) is 6.30. The molecule has 1 fully saturated rings. The van der Waals surface area contributed by atoms with Gasteiger partial charge in [-0.25, -0.2) is 4.39 Å². The molecule has 2 unspecified atom stereocenters. The minimum atomic E-state index is -0.163. The number of nitrogens with one attached hydrogen (secondary N) is 1. The number of benzene rings is 1. The minimum Gasteiger partial charge on any atom is -0.312 e. The minimum absolute atomic E-state index is 0.163. The van der Waals surface area contributed by atoms with Gasteiger partial charge in [0.1, 0.15) is 5.82 Å². The van der Waals surface area contributed by atoms with Crippen molar-refractivity contribution in [3.63, 3.8) is 0 Å². The SMILES string of the molecule is CNC(c1ccc(F)cc1)C1CSCCS1. The van der Waals surface area contributed by atoms with Gasteiger partial charge >= 0.3 is 0 Å². The summed E-state index contributed by atoms with van der Waals surface area (Å²) in [4.78, 5) is 0. The average Bonchev–Trinajstić information content (AvgIpc) is 2.34. The van der Waals surface area contributed by atoms with Crippen LogP contribution < -0.4 is 5.32 Å². The van der Waals surface area contributed by atoms with Crippen molar-refractivity contribution >= 4 is 23.5 Å². The van der Waals surface area contributed by atoms with Crippen molar-refractivity contribution in [3.8, 4) is 0 Å². The topological polar surface area (TPSA) is 12.0 Å². The molecule has 88 valence electrons. The van der Waals surface area contributed by atoms with Gasteiger partial charge in [-0.2, -0.15) is 23.5 Å². The first-order valence-electron chi connectivity index (χ1n) is 5.43. The van der Waals surface area contributed by atoms with Crippen molar-refractivity contribution in [2.75, 3.05) is 24.3 Å². The molecule has 1 N–H and O–H groups in total. The van der Waals surface area contributed by atoms with E-state index in [9.17, 15) is 4.39 Å². The van der Waals surface area contributed by atoms with Gasteiger partial charge in [0.2, 0.25) is 0 Å². The largest absolute Gasteiger partial charge is 0.312 e. The molecule has 0 radical (unpaired) electrons. The van der Waals surface area contributed by atoms with E-state index < -0.39 is 0 Å². The van der Waals surface area contributed by atoms with Crippen molar-refractivity contribution in [1.29, 1.82) is 0 Å². The first-order valence-corrected chi connectivity index (χ1v) is 7.63. The highest BCUT2D eigenvalue weighted by Gasteiger charge is 2.24. The van der Waals surface area contributed by atoms with E-state index in [-0.39, 0.29) is 5.82 Å². The molecule has 0 spiro atoms. The fraction of sp³-hybridized carbons (Fsp3) is 0.500. The molecule has 1 heterocycles. The first kappa shape index (κ1) is 12.3. The Morgan fingerprint density at radius 1 is 1.31 bits per heavy atom. The van der Waals surface area contributed by atoms with Gasteiger partial charge in [-0.3, -0.25) is 0 Å². The highest BCUT2D eigenvalue weighted by Crippen LogP contribution is 2.33. The van der Waals surface area contributed by atoms with Gasteiger partial charge in [-0.05, 0) is 24.7 Å². The summed E-state index contributed by atoms with van der Waals surface area (Å²) in [5.41, 5.74) is 1.18. The molecule has 1 aliphatic heterocycles. The van der Waals surface area contributed by atoms with Crippen LogP contribution in [0.25, 0.3) is 0 Å². The Bertz CT molecular complexity index is 322. The van der Waals surface area contributed by atoms with Crippen LogP contribution in [0.5, 0.6) is 0 Å². The summed E-state index contributed by atoms with van der Waals surface area (Å²) in [7, 11) is 1.98. The van der Waals surface area contributed by atoms with E-state index in [1.54, 1.807) is 12.1 Å². The Balaban J connectivity index is 2.11. The normalized spacial score (nSPS) is 23.0. The summed E-state index contributed by atoms with van der Waals surface area (Å²) in [6, 6.07) is 7.19. The van der Waals surface area contributed by atoms with E-state index in [0.717, 1.165) is 0 Å². The van der Waals surface area contributed by atoms with Gasteiger partial charge < -0.3 is 5.32 Å². The third kappa shape index (κ3) is 2.93. The van der Waals surface area contributed by atoms with E-state index >= 15 is 0 Å². The van der Waals surface area contributed by atoms with Crippen LogP contribution in [0.4, 0.5) is 4.39 Å². The number of halogens is 1. The Morgan fingerprint density at radius 2 is 2.06 bits per heavy atom. The molecular weight excluding hydrogens is 241 g/mol. The lowest BCUT2D eigenvalue weighted by molar-refractivity contribution is 0.586. The summed E-state index contributed by atoms with van der Waals surface area (Å²) >= 11 is 4.03. The van der Waals surface area contributed by atoms with E-state index in [0.29, 0.717) is 11.3 Å². The summed E-state index contributed by atoms with van der Waals surface area (Å²) in [6.07, 6.45) is 0. The Morgan fingerprint density at radius 3 is 2.62 bits per heavy atom. The third-order valence-electron chi connectivity index (χ3n) is 2.75. The van der Waals surface area contributed by atoms with E-state index in [2.05, 4.69) is 5.32 Å². The maximum absolute atomic E-state index is 12.9. The van der Waals surface area contributed by atoms with Crippen molar-refractivity contribution in [2.45, 2.75) is 11.3 Å². The second kappa shape index (κ2) is 5.94. The maximum atomic E-state index is 12.9. The molecule has 0 aromatic heterocycles. The molecule has 4 heteroatoms. The van der Waals surface area contributed by atoms with Crippen LogP contribution in [-0.4, -0.2) is 29.6 Å². The molecule has 0 aliphatic carbocycles. The number of hydrogen-bond acceptors (Lipinski definition) is 3. The smallest absolute Gasteiger partial charge is 0.123 e. The lowest BCUT2D eigenvalue weighted by atomic mass is 10.0. The lowest BCUT2D eigenvalue weighted by Gasteiger charge is -2.29. The van der Waals surface area contributed by atoms with Crippen LogP contribution in [0.2, 0.25) is 0 Å². The van der Waals surface area contributed by atoms with Crippen LogP contribution in [0.1, 0.15) is 11.6 Å². The molecule has 1 nitrogen and oxygen atoms in total. The predicted octanol–water partition coefficient (Wildman–Crippen LogP) is 2.93. The van der Waals surface area contributed by atoms with Gasteiger partial charge in [-0.1, -0.05) is 12.1 Å².